The molecular weight excluding hydrogens is 270 g/mol. The lowest BCUT2D eigenvalue weighted by molar-refractivity contribution is 0.350. The Hall–Kier alpha value is -1.00. The molecule has 0 radical (unpaired) electrons. The van der Waals surface area contributed by atoms with Gasteiger partial charge >= 0.3 is 0 Å². The van der Waals surface area contributed by atoms with E-state index in [4.69, 9.17) is 5.11 Å². The monoisotopic (exact) mass is 285 g/mol. The van der Waals surface area contributed by atoms with E-state index >= 15 is 0 Å². The third kappa shape index (κ3) is 4.35. The summed E-state index contributed by atoms with van der Waals surface area (Å²) in [5.74, 6) is 5.80. The summed E-state index contributed by atoms with van der Waals surface area (Å²) in [4.78, 5) is 0.145. The van der Waals surface area contributed by atoms with Gasteiger partial charge < -0.3 is 5.11 Å². The van der Waals surface area contributed by atoms with E-state index < -0.39 is 10.0 Å². The van der Waals surface area contributed by atoms with Crippen LogP contribution in [0.25, 0.3) is 0 Å². The van der Waals surface area contributed by atoms with Crippen LogP contribution in [-0.2, 0) is 10.0 Å². The number of hydrogen-bond acceptors (Lipinski definition) is 4. The number of aliphatic hydroxyl groups excluding tert-OH is 1. The summed E-state index contributed by atoms with van der Waals surface area (Å²) < 4.78 is 26.6. The molecule has 0 aromatic heterocycles. The Bertz CT molecular complexity index is 544. The van der Waals surface area contributed by atoms with Crippen molar-refractivity contribution >= 4 is 21.8 Å². The molecular formula is C12H15NO3S2. The van der Waals surface area contributed by atoms with Crippen LogP contribution in [-0.4, -0.2) is 38.7 Å². The minimum Gasteiger partial charge on any atom is -0.384 e. The summed E-state index contributed by atoms with van der Waals surface area (Å²) in [5.41, 5.74) is 0.392. The second-order valence-corrected chi connectivity index (χ2v) is 6.07. The van der Waals surface area contributed by atoms with E-state index in [1.807, 2.05) is 6.26 Å². The van der Waals surface area contributed by atoms with Crippen LogP contribution in [0, 0.1) is 11.8 Å². The zero-order chi connectivity index (χ0) is 13.4. The third-order valence-corrected chi connectivity index (χ3v) is 4.21. The van der Waals surface area contributed by atoms with Gasteiger partial charge in [-0.3, -0.25) is 0 Å². The van der Waals surface area contributed by atoms with Crippen molar-refractivity contribution in [1.29, 1.82) is 0 Å². The fourth-order valence-electron chi connectivity index (χ4n) is 1.29. The molecule has 0 unspecified atom stereocenters. The van der Waals surface area contributed by atoms with Crippen molar-refractivity contribution in [3.8, 4) is 11.8 Å². The van der Waals surface area contributed by atoms with Gasteiger partial charge in [0.05, 0.1) is 4.90 Å². The number of nitrogens with one attached hydrogen (secondary N) is 1. The third-order valence-electron chi connectivity index (χ3n) is 2.08. The van der Waals surface area contributed by atoms with Crippen LogP contribution >= 0.6 is 11.8 Å². The Labute approximate surface area is 112 Å². The lowest BCUT2D eigenvalue weighted by atomic mass is 10.2. The molecule has 0 saturated heterocycles. The fourth-order valence-corrected chi connectivity index (χ4v) is 2.92. The topological polar surface area (TPSA) is 66.4 Å². The van der Waals surface area contributed by atoms with Crippen LogP contribution < -0.4 is 4.72 Å². The number of rotatable bonds is 5. The van der Waals surface area contributed by atoms with E-state index in [-0.39, 0.29) is 11.5 Å². The maximum absolute atomic E-state index is 12.0. The molecule has 0 aliphatic carbocycles. The van der Waals surface area contributed by atoms with Gasteiger partial charge in [0.2, 0.25) is 10.0 Å². The van der Waals surface area contributed by atoms with Crippen molar-refractivity contribution in [3.63, 3.8) is 0 Å². The molecule has 0 aliphatic heterocycles. The summed E-state index contributed by atoms with van der Waals surface area (Å²) >= 11 is 1.57. The predicted molar refractivity (Wildman–Crippen MR) is 74.0 cm³/mol. The van der Waals surface area contributed by atoms with Crippen molar-refractivity contribution in [1.82, 2.24) is 4.72 Å². The SMILES string of the molecule is CSCCNS(=O)(=O)c1ccccc1C#CCO. The Balaban J connectivity index is 3.01. The molecule has 18 heavy (non-hydrogen) atoms. The summed E-state index contributed by atoms with van der Waals surface area (Å²) in [6.07, 6.45) is 1.91. The van der Waals surface area contributed by atoms with Crippen molar-refractivity contribution in [3.05, 3.63) is 29.8 Å². The summed E-state index contributed by atoms with van der Waals surface area (Å²) in [6, 6.07) is 6.48. The molecule has 1 rings (SSSR count). The first kappa shape index (κ1) is 15.1. The number of sulfonamides is 1. The van der Waals surface area contributed by atoms with Gasteiger partial charge in [-0.2, -0.15) is 11.8 Å². The molecule has 0 amide bonds. The van der Waals surface area contributed by atoms with Gasteiger partial charge in [-0.15, -0.1) is 0 Å². The fraction of sp³-hybridized carbons (Fsp3) is 0.333. The molecule has 0 heterocycles. The normalized spacial score (nSPS) is 10.8. The number of hydrogen-bond donors (Lipinski definition) is 2. The van der Waals surface area contributed by atoms with E-state index in [1.54, 1.807) is 30.0 Å². The standard InChI is InChI=1S/C12H15NO3S2/c1-17-10-8-13-18(15,16)12-7-3-2-5-11(12)6-4-9-14/h2-3,5,7,13-14H,8-10H2,1H3. The molecule has 2 N–H and O–H groups in total. The summed E-state index contributed by atoms with van der Waals surface area (Å²) in [7, 11) is -3.54. The Morgan fingerprint density at radius 1 is 1.39 bits per heavy atom. The van der Waals surface area contributed by atoms with Crippen LogP contribution in [0.4, 0.5) is 0 Å². The van der Waals surface area contributed by atoms with Crippen molar-refractivity contribution in [2.24, 2.45) is 0 Å². The van der Waals surface area contributed by atoms with Crippen molar-refractivity contribution in [2.75, 3.05) is 25.2 Å². The highest BCUT2D eigenvalue weighted by Gasteiger charge is 2.16. The largest absolute Gasteiger partial charge is 0.384 e. The molecule has 1 aromatic rings. The molecule has 98 valence electrons. The minimum absolute atomic E-state index is 0.145. The van der Waals surface area contributed by atoms with Crippen LogP contribution in [0.2, 0.25) is 0 Å². The maximum atomic E-state index is 12.0. The minimum atomic E-state index is -3.54. The molecule has 0 spiro atoms. The highest BCUT2D eigenvalue weighted by molar-refractivity contribution is 7.98. The first-order valence-corrected chi connectivity index (χ1v) is 8.17. The molecule has 4 nitrogen and oxygen atoms in total. The first-order chi connectivity index (χ1) is 8.61. The summed E-state index contributed by atoms with van der Waals surface area (Å²) in [6.45, 7) is 0.0829. The highest BCUT2D eigenvalue weighted by atomic mass is 32.2. The molecule has 0 atom stereocenters. The van der Waals surface area contributed by atoms with Gasteiger partial charge in [-0.25, -0.2) is 13.1 Å². The van der Waals surface area contributed by atoms with Gasteiger partial charge in [-0.05, 0) is 18.4 Å². The van der Waals surface area contributed by atoms with Crippen LogP contribution in [0.3, 0.4) is 0 Å². The molecule has 0 bridgehead atoms. The number of benzene rings is 1. The molecule has 0 saturated carbocycles. The second kappa shape index (κ2) is 7.44. The van der Waals surface area contributed by atoms with E-state index in [1.165, 1.54) is 6.07 Å². The number of aliphatic hydroxyl groups is 1. The van der Waals surface area contributed by atoms with Crippen molar-refractivity contribution < 1.29 is 13.5 Å². The zero-order valence-corrected chi connectivity index (χ0v) is 11.6. The van der Waals surface area contributed by atoms with E-state index in [9.17, 15) is 8.42 Å². The lowest BCUT2D eigenvalue weighted by Gasteiger charge is -2.07. The Morgan fingerprint density at radius 2 is 2.11 bits per heavy atom. The van der Waals surface area contributed by atoms with E-state index in [0.29, 0.717) is 17.9 Å². The zero-order valence-electron chi connectivity index (χ0n) is 10.0. The summed E-state index contributed by atoms with van der Waals surface area (Å²) in [5, 5.41) is 8.65. The van der Waals surface area contributed by atoms with Gasteiger partial charge in [-0.1, -0.05) is 24.0 Å². The smallest absolute Gasteiger partial charge is 0.241 e. The van der Waals surface area contributed by atoms with E-state index in [2.05, 4.69) is 16.6 Å². The van der Waals surface area contributed by atoms with Gasteiger partial charge in [0.25, 0.3) is 0 Å². The van der Waals surface area contributed by atoms with Crippen LogP contribution in [0.15, 0.2) is 29.2 Å². The highest BCUT2D eigenvalue weighted by Crippen LogP contribution is 2.14. The lowest BCUT2D eigenvalue weighted by Crippen LogP contribution is -2.26. The Morgan fingerprint density at radius 3 is 2.78 bits per heavy atom. The number of thioether (sulfide) groups is 1. The average molecular weight is 285 g/mol. The van der Waals surface area contributed by atoms with Crippen LogP contribution in [0.5, 0.6) is 0 Å². The first-order valence-electron chi connectivity index (χ1n) is 5.29. The predicted octanol–water partition coefficient (Wildman–Crippen LogP) is 0.672. The maximum Gasteiger partial charge on any atom is 0.241 e. The van der Waals surface area contributed by atoms with E-state index in [0.717, 1.165) is 0 Å². The van der Waals surface area contributed by atoms with Crippen molar-refractivity contribution in [2.45, 2.75) is 4.90 Å². The molecule has 6 heteroatoms. The quantitative estimate of drug-likeness (QED) is 0.616. The average Bonchev–Trinajstić information content (AvgIpc) is 2.37. The second-order valence-electron chi connectivity index (χ2n) is 3.35. The molecule has 1 aromatic carbocycles. The van der Waals surface area contributed by atoms with Gasteiger partial charge in [0.1, 0.15) is 6.61 Å². The molecule has 0 aliphatic rings. The van der Waals surface area contributed by atoms with Gasteiger partial charge in [0.15, 0.2) is 0 Å². The van der Waals surface area contributed by atoms with Crippen LogP contribution in [0.1, 0.15) is 5.56 Å². The Kier molecular flexibility index (Phi) is 6.22. The molecule has 0 fully saturated rings. The van der Waals surface area contributed by atoms with Gasteiger partial charge in [0, 0.05) is 17.9 Å².